The molecular formula is C39H35N3O6S. The molecule has 0 bridgehead atoms. The average Bonchev–Trinajstić information content (AvgIpc) is 3.13. The molecule has 0 saturated heterocycles. The summed E-state index contributed by atoms with van der Waals surface area (Å²) in [6.07, 6.45) is 1.54. The van der Waals surface area contributed by atoms with Crippen LogP contribution in [0.2, 0.25) is 0 Å². The lowest BCUT2D eigenvalue weighted by atomic mass is 10.1. The third-order valence-electron chi connectivity index (χ3n) is 7.16. The lowest BCUT2D eigenvalue weighted by Gasteiger charge is -2.14. The molecule has 3 N–H and O–H groups in total. The Kier molecular flexibility index (Phi) is 11.7. The zero-order chi connectivity index (χ0) is 34.6. The number of rotatable bonds is 13. The number of benzene rings is 5. The molecule has 49 heavy (non-hydrogen) atoms. The number of carbonyl (C=O) groups excluding carboxylic acids is 3. The van der Waals surface area contributed by atoms with Crippen LogP contribution < -0.4 is 30.2 Å². The molecule has 0 aliphatic heterocycles. The van der Waals surface area contributed by atoms with Gasteiger partial charge in [-0.2, -0.15) is 0 Å². The summed E-state index contributed by atoms with van der Waals surface area (Å²) < 4.78 is 16.6. The van der Waals surface area contributed by atoms with Crippen molar-refractivity contribution < 1.29 is 28.6 Å². The normalized spacial score (nSPS) is 11.5. The van der Waals surface area contributed by atoms with Crippen LogP contribution in [-0.4, -0.2) is 37.2 Å². The summed E-state index contributed by atoms with van der Waals surface area (Å²) in [6, 6.07) is 37.5. The lowest BCUT2D eigenvalue weighted by molar-refractivity contribution is -0.115. The number of thioether (sulfide) groups is 1. The van der Waals surface area contributed by atoms with E-state index in [2.05, 4.69) is 16.0 Å². The van der Waals surface area contributed by atoms with Gasteiger partial charge in [-0.25, -0.2) is 0 Å². The molecular weight excluding hydrogens is 639 g/mol. The topological polar surface area (TPSA) is 115 Å². The van der Waals surface area contributed by atoms with E-state index in [-0.39, 0.29) is 11.6 Å². The molecule has 0 aliphatic rings. The summed E-state index contributed by atoms with van der Waals surface area (Å²) in [4.78, 5) is 40.3. The number of ether oxygens (including phenoxy) is 3. The maximum Gasteiger partial charge on any atom is 0.272 e. The van der Waals surface area contributed by atoms with Gasteiger partial charge in [0.05, 0.1) is 19.5 Å². The maximum atomic E-state index is 13.5. The quantitative estimate of drug-likeness (QED) is 0.0857. The molecule has 0 fully saturated rings. The van der Waals surface area contributed by atoms with Crippen molar-refractivity contribution in [2.24, 2.45) is 0 Å². The maximum absolute atomic E-state index is 13.5. The molecule has 0 saturated carbocycles. The highest BCUT2D eigenvalue weighted by molar-refractivity contribution is 8.00. The average molecular weight is 674 g/mol. The number of nitrogens with one attached hydrogen (secondary N) is 3. The smallest absolute Gasteiger partial charge is 0.272 e. The van der Waals surface area contributed by atoms with Crippen LogP contribution in [0.5, 0.6) is 23.0 Å². The highest BCUT2D eigenvalue weighted by Crippen LogP contribution is 2.29. The first kappa shape index (κ1) is 34.3. The fourth-order valence-electron chi connectivity index (χ4n) is 4.58. The van der Waals surface area contributed by atoms with Gasteiger partial charge in [0.15, 0.2) is 0 Å². The second-order valence-electron chi connectivity index (χ2n) is 10.7. The highest BCUT2D eigenvalue weighted by Gasteiger charge is 2.18. The Morgan fingerprint density at radius 2 is 1.27 bits per heavy atom. The largest absolute Gasteiger partial charge is 0.497 e. The standard InChI is InChI=1S/C39H35N3O6S/c1-26(37(43)40-29-15-20-32(21-16-29)48-31-12-8-5-9-13-31)49-34-22-17-30(18-23-34)41-39(45)35(42-38(44)27-10-6-4-7-11-27)24-28-14-19-33(46-2)25-36(28)47-3/h4-26H,1-3H3,(H,40,43)(H,41,45)(H,42,44)/b35-24-. The molecule has 0 radical (unpaired) electrons. The minimum atomic E-state index is -0.532. The summed E-state index contributed by atoms with van der Waals surface area (Å²) in [5.41, 5.74) is 2.15. The minimum absolute atomic E-state index is 0.0146. The van der Waals surface area contributed by atoms with Crippen LogP contribution in [0.3, 0.4) is 0 Å². The van der Waals surface area contributed by atoms with Gasteiger partial charge < -0.3 is 30.2 Å². The minimum Gasteiger partial charge on any atom is -0.497 e. The molecule has 0 aromatic heterocycles. The van der Waals surface area contributed by atoms with Crippen LogP contribution in [0, 0.1) is 0 Å². The van der Waals surface area contributed by atoms with Crippen LogP contribution in [0.25, 0.3) is 6.08 Å². The van der Waals surface area contributed by atoms with Gasteiger partial charge in [-0.15, -0.1) is 11.8 Å². The Hall–Kier alpha value is -6.00. The molecule has 3 amide bonds. The van der Waals surface area contributed by atoms with Crippen molar-refractivity contribution in [2.75, 3.05) is 24.9 Å². The fraction of sp³-hybridized carbons (Fsp3) is 0.103. The third kappa shape index (κ3) is 9.75. The van der Waals surface area contributed by atoms with Gasteiger partial charge in [0.25, 0.3) is 11.8 Å². The van der Waals surface area contributed by atoms with Crippen molar-refractivity contribution in [3.8, 4) is 23.0 Å². The molecule has 10 heteroatoms. The van der Waals surface area contributed by atoms with Crippen molar-refractivity contribution in [1.82, 2.24) is 5.32 Å². The van der Waals surface area contributed by atoms with Crippen molar-refractivity contribution in [3.05, 3.63) is 144 Å². The van der Waals surface area contributed by atoms with Gasteiger partial charge in [0.1, 0.15) is 28.7 Å². The number of amides is 3. The van der Waals surface area contributed by atoms with E-state index in [4.69, 9.17) is 14.2 Å². The second-order valence-corrected chi connectivity index (χ2v) is 12.1. The second kappa shape index (κ2) is 16.7. The first-order valence-electron chi connectivity index (χ1n) is 15.3. The summed E-state index contributed by atoms with van der Waals surface area (Å²) in [5, 5.41) is 8.12. The third-order valence-corrected chi connectivity index (χ3v) is 8.28. The molecule has 1 unspecified atom stereocenters. The summed E-state index contributed by atoms with van der Waals surface area (Å²) in [5.74, 6) is 1.32. The Morgan fingerprint density at radius 3 is 1.92 bits per heavy atom. The molecule has 5 rings (SSSR count). The zero-order valence-corrected chi connectivity index (χ0v) is 28.0. The van der Waals surface area contributed by atoms with Crippen molar-refractivity contribution >= 4 is 46.9 Å². The Balaban J connectivity index is 1.22. The van der Waals surface area contributed by atoms with Gasteiger partial charge in [-0.1, -0.05) is 36.4 Å². The summed E-state index contributed by atoms with van der Waals surface area (Å²) >= 11 is 1.38. The Morgan fingerprint density at radius 1 is 0.673 bits per heavy atom. The number of para-hydroxylation sites is 1. The molecule has 1 atom stereocenters. The van der Waals surface area contributed by atoms with Crippen molar-refractivity contribution in [3.63, 3.8) is 0 Å². The van der Waals surface area contributed by atoms with Crippen LogP contribution in [-0.2, 0) is 9.59 Å². The molecule has 0 aliphatic carbocycles. The summed E-state index contributed by atoms with van der Waals surface area (Å²) in [7, 11) is 3.06. The summed E-state index contributed by atoms with van der Waals surface area (Å²) in [6.45, 7) is 1.82. The van der Waals surface area contributed by atoms with Crippen LogP contribution in [0.4, 0.5) is 11.4 Å². The van der Waals surface area contributed by atoms with Crippen LogP contribution in [0.1, 0.15) is 22.8 Å². The van der Waals surface area contributed by atoms with E-state index in [1.54, 1.807) is 98.1 Å². The molecule has 5 aromatic rings. The first-order chi connectivity index (χ1) is 23.8. The molecule has 9 nitrogen and oxygen atoms in total. The number of hydrogen-bond donors (Lipinski definition) is 3. The van der Waals surface area contributed by atoms with E-state index in [0.29, 0.717) is 39.8 Å². The van der Waals surface area contributed by atoms with Crippen molar-refractivity contribution in [2.45, 2.75) is 17.1 Å². The fourth-order valence-corrected chi connectivity index (χ4v) is 5.45. The van der Waals surface area contributed by atoms with E-state index in [0.717, 1.165) is 10.6 Å². The molecule has 0 heterocycles. The Labute approximate surface area is 289 Å². The number of methoxy groups -OCH3 is 2. The SMILES string of the molecule is COc1ccc(/C=C(\NC(=O)c2ccccc2)C(=O)Nc2ccc(SC(C)C(=O)Nc3ccc(Oc4ccccc4)cc3)cc2)c(OC)c1. The highest BCUT2D eigenvalue weighted by atomic mass is 32.2. The zero-order valence-electron chi connectivity index (χ0n) is 27.1. The van der Waals surface area contributed by atoms with Gasteiger partial charge in [-0.05, 0) is 97.9 Å². The van der Waals surface area contributed by atoms with E-state index in [1.807, 2.05) is 49.4 Å². The number of carbonyl (C=O) groups is 3. The van der Waals surface area contributed by atoms with E-state index in [9.17, 15) is 14.4 Å². The molecule has 5 aromatic carbocycles. The van der Waals surface area contributed by atoms with Crippen LogP contribution in [0.15, 0.2) is 138 Å². The lowest BCUT2D eigenvalue weighted by Crippen LogP contribution is -2.30. The van der Waals surface area contributed by atoms with Gasteiger partial charge in [0, 0.05) is 33.5 Å². The van der Waals surface area contributed by atoms with Gasteiger partial charge in [0.2, 0.25) is 5.91 Å². The van der Waals surface area contributed by atoms with E-state index >= 15 is 0 Å². The monoisotopic (exact) mass is 673 g/mol. The van der Waals surface area contributed by atoms with Gasteiger partial charge in [-0.3, -0.25) is 14.4 Å². The predicted molar refractivity (Wildman–Crippen MR) is 193 cm³/mol. The van der Waals surface area contributed by atoms with Crippen molar-refractivity contribution in [1.29, 1.82) is 0 Å². The number of hydrogen-bond acceptors (Lipinski definition) is 7. The predicted octanol–water partition coefficient (Wildman–Crippen LogP) is 8.03. The molecule has 248 valence electrons. The van der Waals surface area contributed by atoms with Gasteiger partial charge >= 0.3 is 0 Å². The molecule has 0 spiro atoms. The number of anilines is 2. The van der Waals surface area contributed by atoms with E-state index in [1.165, 1.54) is 18.9 Å². The first-order valence-corrected chi connectivity index (χ1v) is 16.2. The van der Waals surface area contributed by atoms with E-state index < -0.39 is 17.1 Å². The Bertz CT molecular complexity index is 1920. The van der Waals surface area contributed by atoms with Crippen LogP contribution >= 0.6 is 11.8 Å².